The molecule has 0 amide bonds. The normalized spacial score (nSPS) is 10.0. The summed E-state index contributed by atoms with van der Waals surface area (Å²) in [4.78, 5) is 3.83. The van der Waals surface area contributed by atoms with Crippen LogP contribution in [0.25, 0.3) is 0 Å². The average Bonchev–Trinajstić information content (AvgIpc) is 1.41. The van der Waals surface area contributed by atoms with Crippen molar-refractivity contribution in [2.24, 2.45) is 4.99 Å². The van der Waals surface area contributed by atoms with Gasteiger partial charge in [0, 0.05) is 0 Å². The third kappa shape index (κ3) is 4.40. The van der Waals surface area contributed by atoms with Crippen molar-refractivity contribution in [2.75, 3.05) is 4.55 Å². The molecule has 0 atom stereocenters. The molecule has 0 saturated carbocycles. The zero-order chi connectivity index (χ0) is 4.12. The molecule has 0 fully saturated rings. The van der Waals surface area contributed by atoms with E-state index in [0.29, 0.717) is 0 Å². The van der Waals surface area contributed by atoms with Gasteiger partial charge >= 0.3 is 0 Å². The summed E-state index contributed by atoms with van der Waals surface area (Å²) in [5, 5.41) is 0. The van der Waals surface area contributed by atoms with Gasteiger partial charge in [0.25, 0.3) is 0 Å². The van der Waals surface area contributed by atoms with Crippen molar-refractivity contribution in [3.05, 3.63) is 0 Å². The molecule has 0 N–H and O–H groups in total. The smallest absolute Gasteiger partial charge is 0.0900 e. The molecule has 0 aromatic rings. The largest absolute Gasteiger partial charge is 0.287 e. The van der Waals surface area contributed by atoms with E-state index < -0.39 is 0 Å². The molecule has 0 radical (unpaired) electrons. The van der Waals surface area contributed by atoms with Crippen molar-refractivity contribution in [1.82, 2.24) is 0 Å². The summed E-state index contributed by atoms with van der Waals surface area (Å²) >= 11 is 2.19. The lowest BCUT2D eigenvalue weighted by Crippen LogP contribution is -1.57. The average molecular weight is 183 g/mol. The van der Waals surface area contributed by atoms with Crippen molar-refractivity contribution in [3.63, 3.8) is 0 Å². The van der Waals surface area contributed by atoms with E-state index in [4.69, 9.17) is 0 Å². The van der Waals surface area contributed by atoms with Crippen LogP contribution in [0.15, 0.2) is 4.99 Å². The first-order valence-electron chi connectivity index (χ1n) is 1.42. The van der Waals surface area contributed by atoms with E-state index in [1.54, 1.807) is 6.21 Å². The minimum atomic E-state index is 0.883. The van der Waals surface area contributed by atoms with Crippen LogP contribution in [-0.4, -0.2) is 10.8 Å². The second-order valence-corrected chi connectivity index (χ2v) is 1.24. The highest BCUT2D eigenvalue weighted by Crippen LogP contribution is 1.76. The highest BCUT2D eigenvalue weighted by molar-refractivity contribution is 14.1. The minimum Gasteiger partial charge on any atom is -0.287 e. The molecule has 0 aliphatic heterocycles. The van der Waals surface area contributed by atoms with E-state index in [9.17, 15) is 0 Å². The molecule has 30 valence electrons. The van der Waals surface area contributed by atoms with Crippen molar-refractivity contribution in [3.8, 4) is 0 Å². The molecule has 0 saturated heterocycles. The number of rotatable bonds is 1. The summed E-state index contributed by atoms with van der Waals surface area (Å²) in [5.41, 5.74) is 0. The van der Waals surface area contributed by atoms with E-state index in [1.807, 2.05) is 6.92 Å². The Kier molecular flexibility index (Phi) is 4.75. The molecule has 5 heavy (non-hydrogen) atoms. The van der Waals surface area contributed by atoms with Gasteiger partial charge in [-0.25, -0.2) is 0 Å². The van der Waals surface area contributed by atoms with Crippen LogP contribution in [0.1, 0.15) is 6.92 Å². The summed E-state index contributed by atoms with van der Waals surface area (Å²) in [6.07, 6.45) is 1.80. The lowest BCUT2D eigenvalue weighted by atomic mass is 10.9. The van der Waals surface area contributed by atoms with Crippen LogP contribution >= 0.6 is 22.6 Å². The zero-order valence-corrected chi connectivity index (χ0v) is 5.27. The van der Waals surface area contributed by atoms with E-state index in [2.05, 4.69) is 27.6 Å². The van der Waals surface area contributed by atoms with Crippen molar-refractivity contribution in [2.45, 2.75) is 6.92 Å². The Morgan fingerprint density at radius 3 is 2.60 bits per heavy atom. The van der Waals surface area contributed by atoms with Gasteiger partial charge in [-0.15, -0.1) is 0 Å². The topological polar surface area (TPSA) is 12.4 Å². The molecule has 0 aromatic carbocycles. The SMILES string of the molecule is C/C=N\CI. The Morgan fingerprint density at radius 1 is 2.00 bits per heavy atom. The molecule has 0 aliphatic carbocycles. The highest BCUT2D eigenvalue weighted by atomic mass is 127. The summed E-state index contributed by atoms with van der Waals surface area (Å²) in [7, 11) is 0. The Labute approximate surface area is 45.6 Å². The molecule has 2 heteroatoms. The van der Waals surface area contributed by atoms with E-state index >= 15 is 0 Å². The summed E-state index contributed by atoms with van der Waals surface area (Å²) < 4.78 is 0.883. The van der Waals surface area contributed by atoms with E-state index in [1.165, 1.54) is 0 Å². The quantitative estimate of drug-likeness (QED) is 0.252. The molecule has 0 spiro atoms. The Balaban J connectivity index is 2.62. The van der Waals surface area contributed by atoms with Gasteiger partial charge in [-0.1, -0.05) is 22.6 Å². The van der Waals surface area contributed by atoms with Crippen LogP contribution < -0.4 is 0 Å². The van der Waals surface area contributed by atoms with E-state index in [-0.39, 0.29) is 0 Å². The summed E-state index contributed by atoms with van der Waals surface area (Å²) in [5.74, 6) is 0. The molecule has 0 rings (SSSR count). The summed E-state index contributed by atoms with van der Waals surface area (Å²) in [6.45, 7) is 1.92. The second-order valence-electron chi connectivity index (χ2n) is 0.560. The van der Waals surface area contributed by atoms with Gasteiger partial charge in [-0.2, -0.15) is 0 Å². The molecule has 0 bridgehead atoms. The molecule has 1 nitrogen and oxygen atoms in total. The van der Waals surface area contributed by atoms with Crippen LogP contribution in [-0.2, 0) is 0 Å². The number of nitrogens with zero attached hydrogens (tertiary/aromatic N) is 1. The highest BCUT2D eigenvalue weighted by Gasteiger charge is 1.53. The van der Waals surface area contributed by atoms with Gasteiger partial charge in [-0.3, -0.25) is 4.99 Å². The third-order valence-corrected chi connectivity index (χ3v) is 0.645. The Bertz CT molecular complexity index is 33.9. The van der Waals surface area contributed by atoms with Gasteiger partial charge in [-0.05, 0) is 13.1 Å². The first-order chi connectivity index (χ1) is 2.41. The molecule has 0 aliphatic rings. The zero-order valence-electron chi connectivity index (χ0n) is 3.11. The number of halogens is 1. The maximum Gasteiger partial charge on any atom is 0.0900 e. The second kappa shape index (κ2) is 4.40. The number of aliphatic imine (C=N–C) groups is 1. The predicted molar refractivity (Wildman–Crippen MR) is 33.1 cm³/mol. The first kappa shape index (κ1) is 5.40. The third-order valence-electron chi connectivity index (χ3n) is 0.252. The molecule has 0 unspecified atom stereocenters. The Morgan fingerprint density at radius 2 is 2.60 bits per heavy atom. The van der Waals surface area contributed by atoms with Gasteiger partial charge in [0.2, 0.25) is 0 Å². The van der Waals surface area contributed by atoms with Crippen LogP contribution in [0, 0.1) is 0 Å². The minimum absolute atomic E-state index is 0.883. The summed E-state index contributed by atoms with van der Waals surface area (Å²) in [6, 6.07) is 0. The molecule has 0 aromatic heterocycles. The monoisotopic (exact) mass is 183 g/mol. The van der Waals surface area contributed by atoms with Gasteiger partial charge < -0.3 is 0 Å². The van der Waals surface area contributed by atoms with Crippen LogP contribution in [0.4, 0.5) is 0 Å². The molecular weight excluding hydrogens is 177 g/mol. The maximum absolute atomic E-state index is 3.83. The Hall–Kier alpha value is 0.400. The van der Waals surface area contributed by atoms with Crippen molar-refractivity contribution in [1.29, 1.82) is 0 Å². The van der Waals surface area contributed by atoms with Crippen molar-refractivity contribution >= 4 is 28.8 Å². The fraction of sp³-hybridized carbons (Fsp3) is 0.667. The standard InChI is InChI=1S/C3H6IN/c1-2-5-3-4/h2H,3H2,1H3/b5-2-. The number of hydrogen-bond acceptors (Lipinski definition) is 1. The van der Waals surface area contributed by atoms with Crippen LogP contribution in [0.2, 0.25) is 0 Å². The molecule has 0 heterocycles. The fourth-order valence-corrected chi connectivity index (χ4v) is 0.463. The number of hydrogen-bond donors (Lipinski definition) is 0. The van der Waals surface area contributed by atoms with Gasteiger partial charge in [0.05, 0.1) is 4.55 Å². The van der Waals surface area contributed by atoms with Gasteiger partial charge in [0.15, 0.2) is 0 Å². The lowest BCUT2D eigenvalue weighted by Gasteiger charge is -1.66. The van der Waals surface area contributed by atoms with Crippen molar-refractivity contribution < 1.29 is 0 Å². The molecular formula is C3H6IN. The number of alkyl halides is 1. The van der Waals surface area contributed by atoms with E-state index in [0.717, 1.165) is 4.55 Å². The predicted octanol–water partition coefficient (Wildman–Crippen LogP) is 1.47. The van der Waals surface area contributed by atoms with Crippen LogP contribution in [0.3, 0.4) is 0 Å². The first-order valence-corrected chi connectivity index (χ1v) is 2.94. The lowest BCUT2D eigenvalue weighted by molar-refractivity contribution is 1.43. The van der Waals surface area contributed by atoms with Gasteiger partial charge in [0.1, 0.15) is 0 Å². The fourth-order valence-electron chi connectivity index (χ4n) is 0.0690. The maximum atomic E-state index is 3.83. The van der Waals surface area contributed by atoms with Crippen LogP contribution in [0.5, 0.6) is 0 Å².